The fraction of sp³-hybridized carbons (Fsp3) is 0.412. The van der Waals surface area contributed by atoms with Crippen LogP contribution in [0, 0.1) is 19.7 Å². The third-order valence-corrected chi connectivity index (χ3v) is 3.45. The summed E-state index contributed by atoms with van der Waals surface area (Å²) in [5.74, 6) is 0.411. The maximum Gasteiger partial charge on any atom is 0.159 e. The fourth-order valence-electron chi connectivity index (χ4n) is 2.32. The number of halogens is 1. The van der Waals surface area contributed by atoms with Crippen LogP contribution in [0.2, 0.25) is 0 Å². The molecule has 0 amide bonds. The maximum atomic E-state index is 13.0. The number of aromatic nitrogens is 2. The van der Waals surface area contributed by atoms with Crippen molar-refractivity contribution in [2.45, 2.75) is 40.2 Å². The first-order valence-corrected chi connectivity index (χ1v) is 7.31. The minimum absolute atomic E-state index is 0.247. The van der Waals surface area contributed by atoms with Crippen molar-refractivity contribution in [3.63, 3.8) is 0 Å². The zero-order chi connectivity index (χ0) is 15.4. The minimum atomic E-state index is -0.247. The summed E-state index contributed by atoms with van der Waals surface area (Å²) in [6, 6.07) is 6.77. The fourth-order valence-corrected chi connectivity index (χ4v) is 2.32. The van der Waals surface area contributed by atoms with Gasteiger partial charge in [-0.1, -0.05) is 13.8 Å². The SMILES string of the molecule is Cc1nc(-c2ccc(F)cc2)nc(C)c1CCNC(C)C. The Hall–Kier alpha value is -1.81. The number of hydrogen-bond donors (Lipinski definition) is 1. The Balaban J connectivity index is 2.22. The van der Waals surface area contributed by atoms with Crippen LogP contribution in [0.1, 0.15) is 30.8 Å². The molecular formula is C17H22FN3. The Morgan fingerprint density at radius 1 is 1.05 bits per heavy atom. The smallest absolute Gasteiger partial charge is 0.159 e. The first kappa shape index (κ1) is 15.6. The van der Waals surface area contributed by atoms with E-state index >= 15 is 0 Å². The highest BCUT2D eigenvalue weighted by Crippen LogP contribution is 2.19. The monoisotopic (exact) mass is 287 g/mol. The molecule has 0 aliphatic heterocycles. The second-order valence-electron chi connectivity index (χ2n) is 5.56. The number of aryl methyl sites for hydroxylation is 2. The Bertz CT molecular complexity index is 583. The van der Waals surface area contributed by atoms with Crippen molar-refractivity contribution in [2.24, 2.45) is 0 Å². The molecule has 2 rings (SSSR count). The summed E-state index contributed by atoms with van der Waals surface area (Å²) in [7, 11) is 0. The van der Waals surface area contributed by atoms with Gasteiger partial charge in [0.2, 0.25) is 0 Å². The maximum absolute atomic E-state index is 13.0. The van der Waals surface area contributed by atoms with E-state index in [9.17, 15) is 4.39 Å². The number of benzene rings is 1. The van der Waals surface area contributed by atoms with Gasteiger partial charge in [0, 0.05) is 23.0 Å². The molecule has 0 fully saturated rings. The molecule has 0 bridgehead atoms. The zero-order valence-electron chi connectivity index (χ0n) is 13.1. The molecule has 0 spiro atoms. The van der Waals surface area contributed by atoms with Gasteiger partial charge >= 0.3 is 0 Å². The van der Waals surface area contributed by atoms with Crippen LogP contribution in [-0.4, -0.2) is 22.6 Å². The number of nitrogens with zero attached hydrogens (tertiary/aromatic N) is 2. The van der Waals surface area contributed by atoms with Crippen LogP contribution in [0.3, 0.4) is 0 Å². The standard InChI is InChI=1S/C17H22FN3/c1-11(2)19-10-9-16-12(3)20-17(21-13(16)4)14-5-7-15(18)8-6-14/h5-8,11,19H,9-10H2,1-4H3. The van der Waals surface area contributed by atoms with E-state index in [1.54, 1.807) is 12.1 Å². The van der Waals surface area contributed by atoms with Crippen molar-refractivity contribution < 1.29 is 4.39 Å². The Kier molecular flexibility index (Phi) is 5.02. The highest BCUT2D eigenvalue weighted by Gasteiger charge is 2.10. The predicted molar refractivity (Wildman–Crippen MR) is 83.7 cm³/mol. The van der Waals surface area contributed by atoms with Crippen molar-refractivity contribution in [1.29, 1.82) is 0 Å². The molecule has 0 saturated carbocycles. The van der Waals surface area contributed by atoms with E-state index in [0.29, 0.717) is 11.9 Å². The third-order valence-electron chi connectivity index (χ3n) is 3.45. The quantitative estimate of drug-likeness (QED) is 0.915. The van der Waals surface area contributed by atoms with Gasteiger partial charge in [-0.3, -0.25) is 0 Å². The van der Waals surface area contributed by atoms with Crippen molar-refractivity contribution >= 4 is 0 Å². The van der Waals surface area contributed by atoms with Crippen LogP contribution in [-0.2, 0) is 6.42 Å². The number of hydrogen-bond acceptors (Lipinski definition) is 3. The highest BCUT2D eigenvalue weighted by atomic mass is 19.1. The second-order valence-corrected chi connectivity index (χ2v) is 5.56. The molecule has 0 radical (unpaired) electrons. The van der Waals surface area contributed by atoms with Crippen molar-refractivity contribution in [3.05, 3.63) is 47.0 Å². The summed E-state index contributed by atoms with van der Waals surface area (Å²) in [6.45, 7) is 9.19. The van der Waals surface area contributed by atoms with E-state index in [0.717, 1.165) is 29.9 Å². The van der Waals surface area contributed by atoms with Crippen molar-refractivity contribution in [1.82, 2.24) is 15.3 Å². The van der Waals surface area contributed by atoms with Gasteiger partial charge in [0.1, 0.15) is 5.82 Å². The molecule has 1 aromatic heterocycles. The largest absolute Gasteiger partial charge is 0.314 e. The van der Waals surface area contributed by atoms with Gasteiger partial charge in [-0.25, -0.2) is 14.4 Å². The topological polar surface area (TPSA) is 37.8 Å². The first-order chi connectivity index (χ1) is 9.97. The van der Waals surface area contributed by atoms with Crippen molar-refractivity contribution in [2.75, 3.05) is 6.54 Å². The van der Waals surface area contributed by atoms with Gasteiger partial charge in [0.05, 0.1) is 0 Å². The summed E-state index contributed by atoms with van der Waals surface area (Å²) < 4.78 is 13.0. The minimum Gasteiger partial charge on any atom is -0.314 e. The molecule has 112 valence electrons. The van der Waals surface area contributed by atoms with Crippen LogP contribution >= 0.6 is 0 Å². The van der Waals surface area contributed by atoms with Gasteiger partial charge in [0.25, 0.3) is 0 Å². The van der Waals surface area contributed by atoms with Crippen LogP contribution in [0.15, 0.2) is 24.3 Å². The normalized spacial score (nSPS) is 11.1. The third kappa shape index (κ3) is 4.08. The summed E-state index contributed by atoms with van der Waals surface area (Å²) in [4.78, 5) is 9.14. The molecule has 0 saturated heterocycles. The zero-order valence-corrected chi connectivity index (χ0v) is 13.1. The van der Waals surface area contributed by atoms with Gasteiger partial charge in [-0.15, -0.1) is 0 Å². The van der Waals surface area contributed by atoms with Gasteiger partial charge in [-0.2, -0.15) is 0 Å². The molecule has 1 heterocycles. The first-order valence-electron chi connectivity index (χ1n) is 7.31. The average molecular weight is 287 g/mol. The highest BCUT2D eigenvalue weighted by molar-refractivity contribution is 5.55. The molecule has 21 heavy (non-hydrogen) atoms. The molecule has 0 aliphatic carbocycles. The van der Waals surface area contributed by atoms with Crippen molar-refractivity contribution in [3.8, 4) is 11.4 Å². The van der Waals surface area contributed by atoms with E-state index < -0.39 is 0 Å². The average Bonchev–Trinajstić information content (AvgIpc) is 2.42. The van der Waals surface area contributed by atoms with Crippen LogP contribution in [0.5, 0.6) is 0 Å². The van der Waals surface area contributed by atoms with Gasteiger partial charge < -0.3 is 5.32 Å². The number of nitrogens with one attached hydrogen (secondary N) is 1. The summed E-state index contributed by atoms with van der Waals surface area (Å²) >= 11 is 0. The van der Waals surface area contributed by atoms with Crippen LogP contribution in [0.4, 0.5) is 4.39 Å². The molecule has 1 aromatic carbocycles. The Morgan fingerprint density at radius 2 is 1.62 bits per heavy atom. The van der Waals surface area contributed by atoms with Crippen LogP contribution < -0.4 is 5.32 Å². The molecule has 0 aliphatic rings. The molecule has 0 unspecified atom stereocenters. The lowest BCUT2D eigenvalue weighted by atomic mass is 10.1. The van der Waals surface area contributed by atoms with E-state index in [1.165, 1.54) is 17.7 Å². The summed E-state index contributed by atoms with van der Waals surface area (Å²) in [6.07, 6.45) is 0.916. The molecular weight excluding hydrogens is 265 g/mol. The lowest BCUT2D eigenvalue weighted by Crippen LogP contribution is -2.25. The van der Waals surface area contributed by atoms with E-state index in [2.05, 4.69) is 29.1 Å². The van der Waals surface area contributed by atoms with Crippen LogP contribution in [0.25, 0.3) is 11.4 Å². The molecule has 2 aromatic rings. The van der Waals surface area contributed by atoms with Gasteiger partial charge in [-0.05, 0) is 56.6 Å². The van der Waals surface area contributed by atoms with E-state index in [4.69, 9.17) is 0 Å². The lowest BCUT2D eigenvalue weighted by Gasteiger charge is -2.13. The predicted octanol–water partition coefficient (Wildman–Crippen LogP) is 3.44. The molecule has 4 heteroatoms. The second kappa shape index (κ2) is 6.76. The lowest BCUT2D eigenvalue weighted by molar-refractivity contribution is 0.588. The Morgan fingerprint density at radius 3 is 2.14 bits per heavy atom. The summed E-state index contributed by atoms with van der Waals surface area (Å²) in [5.41, 5.74) is 4.02. The summed E-state index contributed by atoms with van der Waals surface area (Å²) in [5, 5.41) is 3.40. The van der Waals surface area contributed by atoms with E-state index in [1.807, 2.05) is 13.8 Å². The molecule has 1 N–H and O–H groups in total. The molecule has 0 atom stereocenters. The number of rotatable bonds is 5. The Labute approximate surface area is 125 Å². The van der Waals surface area contributed by atoms with Gasteiger partial charge in [0.15, 0.2) is 5.82 Å². The van der Waals surface area contributed by atoms with E-state index in [-0.39, 0.29) is 5.82 Å². The molecule has 3 nitrogen and oxygen atoms in total.